The van der Waals surface area contributed by atoms with Gasteiger partial charge in [0.15, 0.2) is 0 Å². The quantitative estimate of drug-likeness (QED) is 0.769. The lowest BCUT2D eigenvalue weighted by Crippen LogP contribution is -2.45. The van der Waals surface area contributed by atoms with Gasteiger partial charge < -0.3 is 10.2 Å². The van der Waals surface area contributed by atoms with E-state index in [4.69, 9.17) is 0 Å². The van der Waals surface area contributed by atoms with Crippen LogP contribution in [0.2, 0.25) is 0 Å². The first kappa shape index (κ1) is 19.2. The molecule has 29 heavy (non-hydrogen) atoms. The normalized spacial score (nSPS) is 20.1. The third-order valence-electron chi connectivity index (χ3n) is 5.82. The number of carbonyl (C=O) groups excluding carboxylic acids is 3. The van der Waals surface area contributed by atoms with Gasteiger partial charge in [-0.15, -0.1) is 0 Å². The van der Waals surface area contributed by atoms with E-state index in [1.165, 1.54) is 0 Å². The molecule has 1 heterocycles. The Hall–Kier alpha value is -3.15. The van der Waals surface area contributed by atoms with E-state index in [0.29, 0.717) is 13.0 Å². The van der Waals surface area contributed by atoms with Gasteiger partial charge in [-0.1, -0.05) is 55.8 Å². The van der Waals surface area contributed by atoms with Gasteiger partial charge in [-0.3, -0.25) is 14.5 Å². The van der Waals surface area contributed by atoms with Crippen molar-refractivity contribution in [3.05, 3.63) is 65.7 Å². The van der Waals surface area contributed by atoms with Crippen LogP contribution >= 0.6 is 0 Å². The first-order chi connectivity index (χ1) is 14.1. The molecule has 1 atom stereocenters. The molecule has 0 bridgehead atoms. The lowest BCUT2D eigenvalue weighted by Gasteiger charge is -2.25. The van der Waals surface area contributed by atoms with Gasteiger partial charge >= 0.3 is 6.03 Å². The first-order valence-corrected chi connectivity index (χ1v) is 10.1. The number of unbranched alkanes of at least 4 members (excludes halogenated alkanes) is 1. The predicted molar refractivity (Wildman–Crippen MR) is 110 cm³/mol. The van der Waals surface area contributed by atoms with E-state index < -0.39 is 11.6 Å². The third-order valence-corrected chi connectivity index (χ3v) is 5.82. The van der Waals surface area contributed by atoms with Crippen molar-refractivity contribution in [1.82, 2.24) is 10.2 Å². The van der Waals surface area contributed by atoms with Crippen LogP contribution in [0, 0.1) is 0 Å². The number of nitrogens with one attached hydrogen (secondary N) is 1. The molecular weight excluding hydrogens is 366 g/mol. The summed E-state index contributed by atoms with van der Waals surface area (Å²) in [5, 5.41) is 2.88. The Kier molecular flexibility index (Phi) is 5.09. The highest BCUT2D eigenvalue weighted by atomic mass is 16.2. The molecule has 6 heteroatoms. The number of carbonyl (C=O) groups is 3. The minimum atomic E-state index is -1.03. The lowest BCUT2D eigenvalue weighted by molar-refractivity contribution is -0.134. The van der Waals surface area contributed by atoms with E-state index in [1.807, 2.05) is 54.6 Å². The van der Waals surface area contributed by atoms with Crippen LogP contribution in [-0.2, 0) is 21.5 Å². The summed E-state index contributed by atoms with van der Waals surface area (Å²) < 4.78 is 0. The summed E-state index contributed by atoms with van der Waals surface area (Å²) in [5.41, 5.74) is 1.66. The molecule has 1 aliphatic carbocycles. The summed E-state index contributed by atoms with van der Waals surface area (Å²) >= 11 is 0. The fourth-order valence-corrected chi connectivity index (χ4v) is 4.28. The highest BCUT2D eigenvalue weighted by molar-refractivity contribution is 6.11. The zero-order valence-electron chi connectivity index (χ0n) is 16.6. The number of para-hydroxylation sites is 1. The van der Waals surface area contributed by atoms with Gasteiger partial charge in [-0.25, -0.2) is 4.79 Å². The summed E-state index contributed by atoms with van der Waals surface area (Å²) in [4.78, 5) is 41.8. The smallest absolute Gasteiger partial charge is 0.319 e. The molecule has 1 aliphatic heterocycles. The maximum atomic E-state index is 13.3. The lowest BCUT2D eigenvalue weighted by atomic mass is 9.92. The average molecular weight is 391 g/mol. The molecule has 6 nitrogen and oxygen atoms in total. The number of nitrogens with zero attached hydrogens (tertiary/aromatic N) is 2. The highest BCUT2D eigenvalue weighted by Crippen LogP contribution is 2.41. The predicted octanol–water partition coefficient (Wildman–Crippen LogP) is 3.21. The Balaban J connectivity index is 1.57. The molecule has 1 fully saturated rings. The molecular formula is C23H25N3O3. The zero-order chi connectivity index (χ0) is 20.4. The van der Waals surface area contributed by atoms with Crippen molar-refractivity contribution in [2.24, 2.45) is 0 Å². The van der Waals surface area contributed by atoms with Crippen LogP contribution in [-0.4, -0.2) is 35.8 Å². The minimum Gasteiger partial charge on any atom is -0.319 e. The maximum Gasteiger partial charge on any atom is 0.325 e. The van der Waals surface area contributed by atoms with Crippen LogP contribution in [0.4, 0.5) is 10.5 Å². The number of amides is 4. The molecule has 4 amide bonds. The van der Waals surface area contributed by atoms with Crippen molar-refractivity contribution in [2.45, 2.75) is 38.1 Å². The Morgan fingerprint density at radius 3 is 2.59 bits per heavy atom. The molecule has 4 rings (SSSR count). The van der Waals surface area contributed by atoms with E-state index in [2.05, 4.69) is 12.2 Å². The summed E-state index contributed by atoms with van der Waals surface area (Å²) in [5.74, 6) is -0.583. The third kappa shape index (κ3) is 3.28. The van der Waals surface area contributed by atoms with Crippen LogP contribution in [0.1, 0.15) is 37.3 Å². The Bertz CT molecular complexity index is 943. The molecule has 1 N–H and O–H groups in total. The second-order valence-electron chi connectivity index (χ2n) is 7.62. The highest BCUT2D eigenvalue weighted by Gasteiger charge is 2.55. The van der Waals surface area contributed by atoms with Crippen molar-refractivity contribution >= 4 is 23.5 Å². The van der Waals surface area contributed by atoms with Crippen molar-refractivity contribution in [3.63, 3.8) is 0 Å². The molecule has 1 saturated heterocycles. The summed E-state index contributed by atoms with van der Waals surface area (Å²) in [6, 6.07) is 16.6. The van der Waals surface area contributed by atoms with Crippen LogP contribution in [0.3, 0.4) is 0 Å². The number of aryl methyl sites for hydroxylation is 1. The van der Waals surface area contributed by atoms with Gasteiger partial charge in [0.1, 0.15) is 12.1 Å². The number of urea groups is 1. The van der Waals surface area contributed by atoms with Gasteiger partial charge in [0, 0.05) is 12.2 Å². The van der Waals surface area contributed by atoms with Gasteiger partial charge in [0.2, 0.25) is 5.91 Å². The number of hydrogen-bond acceptors (Lipinski definition) is 3. The summed E-state index contributed by atoms with van der Waals surface area (Å²) in [7, 11) is 0. The topological polar surface area (TPSA) is 69.7 Å². The van der Waals surface area contributed by atoms with Crippen molar-refractivity contribution in [1.29, 1.82) is 0 Å². The fourth-order valence-electron chi connectivity index (χ4n) is 4.28. The van der Waals surface area contributed by atoms with Crippen LogP contribution < -0.4 is 10.2 Å². The zero-order valence-corrected chi connectivity index (χ0v) is 16.6. The average Bonchev–Trinajstić information content (AvgIpc) is 3.22. The first-order valence-electron chi connectivity index (χ1n) is 10.1. The maximum absolute atomic E-state index is 13.3. The number of benzene rings is 2. The summed E-state index contributed by atoms with van der Waals surface area (Å²) in [6.45, 7) is 2.36. The van der Waals surface area contributed by atoms with Gasteiger partial charge in [-0.05, 0) is 42.5 Å². The molecule has 150 valence electrons. The van der Waals surface area contributed by atoms with E-state index in [1.54, 1.807) is 4.90 Å². The van der Waals surface area contributed by atoms with E-state index >= 15 is 0 Å². The van der Waals surface area contributed by atoms with E-state index in [0.717, 1.165) is 41.0 Å². The number of fused-ring (bicyclic) bond motifs is 2. The number of hydrogen-bond donors (Lipinski definition) is 1. The number of rotatable bonds is 6. The second-order valence-corrected chi connectivity index (χ2v) is 7.62. The molecule has 0 radical (unpaired) electrons. The Morgan fingerprint density at radius 1 is 1.10 bits per heavy atom. The van der Waals surface area contributed by atoms with Crippen molar-refractivity contribution in [2.75, 3.05) is 18.0 Å². The largest absolute Gasteiger partial charge is 0.325 e. The second kappa shape index (κ2) is 7.70. The monoisotopic (exact) mass is 391 g/mol. The van der Waals surface area contributed by atoms with Crippen molar-refractivity contribution < 1.29 is 14.4 Å². The molecule has 1 spiro atoms. The van der Waals surface area contributed by atoms with Crippen LogP contribution in [0.5, 0.6) is 0 Å². The SMILES string of the molecule is CCCCN(C(=O)CN1C(=O)NC2(CCc3ccccc32)C1=O)c1ccccc1. The molecule has 2 aromatic rings. The van der Waals surface area contributed by atoms with Gasteiger partial charge in [0.25, 0.3) is 5.91 Å². The molecule has 0 saturated carbocycles. The number of anilines is 1. The molecule has 2 aromatic carbocycles. The minimum absolute atomic E-state index is 0.253. The number of imide groups is 1. The van der Waals surface area contributed by atoms with Crippen LogP contribution in [0.15, 0.2) is 54.6 Å². The summed E-state index contributed by atoms with van der Waals surface area (Å²) in [6.07, 6.45) is 3.05. The Labute approximate surface area is 170 Å². The standard InChI is InChI=1S/C23H25N3O3/c1-2-3-15-25(18-10-5-4-6-11-18)20(27)16-26-21(28)23(24-22(26)29)14-13-17-9-7-8-12-19(17)23/h4-12H,2-3,13-16H2,1H3,(H,24,29). The van der Waals surface area contributed by atoms with Gasteiger partial charge in [0.05, 0.1) is 0 Å². The Morgan fingerprint density at radius 2 is 1.83 bits per heavy atom. The van der Waals surface area contributed by atoms with Gasteiger partial charge in [-0.2, -0.15) is 0 Å². The van der Waals surface area contributed by atoms with Crippen LogP contribution in [0.25, 0.3) is 0 Å². The molecule has 0 aromatic heterocycles. The van der Waals surface area contributed by atoms with Crippen molar-refractivity contribution in [3.8, 4) is 0 Å². The molecule has 2 aliphatic rings. The molecule has 1 unspecified atom stereocenters. The van der Waals surface area contributed by atoms with E-state index in [-0.39, 0.29) is 18.4 Å². The fraction of sp³-hybridized carbons (Fsp3) is 0.348. The van der Waals surface area contributed by atoms with E-state index in [9.17, 15) is 14.4 Å².